The summed E-state index contributed by atoms with van der Waals surface area (Å²) in [5, 5.41) is 8.80. The lowest BCUT2D eigenvalue weighted by atomic mass is 9.96. The number of carbonyl (C=O) groups is 1. The molecule has 2 N–H and O–H groups in total. The molecule has 4 rings (SSSR count). The SMILES string of the molecule is CNC(=O)c1ccc(Nc2ncnc(N3CCC(c4nc(C(C)(C)F)no4)CC3)c2F)cc1F. The summed E-state index contributed by atoms with van der Waals surface area (Å²) in [7, 11) is 1.40. The van der Waals surface area contributed by atoms with Crippen LogP contribution in [0.25, 0.3) is 0 Å². The van der Waals surface area contributed by atoms with E-state index in [4.69, 9.17) is 4.52 Å². The van der Waals surface area contributed by atoms with Crippen molar-refractivity contribution in [1.82, 2.24) is 25.4 Å². The molecule has 2 aromatic heterocycles. The van der Waals surface area contributed by atoms with E-state index >= 15 is 4.39 Å². The van der Waals surface area contributed by atoms with Crippen LogP contribution in [0.4, 0.5) is 30.5 Å². The molecule has 9 nitrogen and oxygen atoms in total. The Hall–Kier alpha value is -3.70. The predicted molar refractivity (Wildman–Crippen MR) is 118 cm³/mol. The Balaban J connectivity index is 1.45. The summed E-state index contributed by atoms with van der Waals surface area (Å²) in [6.45, 7) is 3.64. The molecular formula is C22H24F3N7O2. The van der Waals surface area contributed by atoms with Crippen LogP contribution in [0.3, 0.4) is 0 Å². The third kappa shape index (κ3) is 4.80. The highest BCUT2D eigenvalue weighted by molar-refractivity contribution is 5.94. The fraction of sp³-hybridized carbons (Fsp3) is 0.409. The van der Waals surface area contributed by atoms with Crippen molar-refractivity contribution in [2.24, 2.45) is 0 Å². The van der Waals surface area contributed by atoms with Crippen LogP contribution >= 0.6 is 0 Å². The number of carbonyl (C=O) groups excluding carboxylic acids is 1. The Kier molecular flexibility index (Phi) is 6.40. The van der Waals surface area contributed by atoms with Gasteiger partial charge in [0.05, 0.1) is 5.56 Å². The highest BCUT2D eigenvalue weighted by atomic mass is 19.1. The fourth-order valence-corrected chi connectivity index (χ4v) is 3.70. The predicted octanol–water partition coefficient (Wildman–Crippen LogP) is 3.83. The summed E-state index contributed by atoms with van der Waals surface area (Å²) in [5.74, 6) is -1.70. The summed E-state index contributed by atoms with van der Waals surface area (Å²) in [5.41, 5.74) is -1.58. The first kappa shape index (κ1) is 23.5. The highest BCUT2D eigenvalue weighted by Crippen LogP contribution is 2.33. The van der Waals surface area contributed by atoms with Crippen molar-refractivity contribution in [2.45, 2.75) is 38.3 Å². The molecule has 0 unspecified atom stereocenters. The number of halogens is 3. The first-order chi connectivity index (χ1) is 16.2. The molecule has 12 heteroatoms. The van der Waals surface area contributed by atoms with Crippen molar-refractivity contribution in [2.75, 3.05) is 30.4 Å². The number of aromatic nitrogens is 4. The van der Waals surface area contributed by atoms with Gasteiger partial charge in [0.25, 0.3) is 5.91 Å². The Bertz CT molecular complexity index is 1190. The second-order valence-electron chi connectivity index (χ2n) is 8.45. The van der Waals surface area contributed by atoms with Gasteiger partial charge in [-0.1, -0.05) is 5.16 Å². The molecule has 1 aromatic carbocycles. The normalized spacial score (nSPS) is 14.8. The van der Waals surface area contributed by atoms with E-state index in [0.29, 0.717) is 31.8 Å². The molecule has 34 heavy (non-hydrogen) atoms. The van der Waals surface area contributed by atoms with Crippen LogP contribution < -0.4 is 15.5 Å². The minimum Gasteiger partial charge on any atom is -0.355 e. The molecular weight excluding hydrogens is 451 g/mol. The Labute approximate surface area is 193 Å². The van der Waals surface area contributed by atoms with Gasteiger partial charge in [-0.25, -0.2) is 18.7 Å². The molecule has 0 atom stereocenters. The molecule has 1 aliphatic heterocycles. The minimum atomic E-state index is -1.69. The summed E-state index contributed by atoms with van der Waals surface area (Å²) in [4.78, 5) is 25.6. The van der Waals surface area contributed by atoms with Crippen molar-refractivity contribution in [3.8, 4) is 0 Å². The smallest absolute Gasteiger partial charge is 0.253 e. The van der Waals surface area contributed by atoms with Gasteiger partial charge in [-0.3, -0.25) is 4.79 Å². The van der Waals surface area contributed by atoms with E-state index in [1.165, 1.54) is 39.4 Å². The first-order valence-corrected chi connectivity index (χ1v) is 10.7. The van der Waals surface area contributed by atoms with Crippen molar-refractivity contribution in [3.05, 3.63) is 53.4 Å². The summed E-state index contributed by atoms with van der Waals surface area (Å²) in [6, 6.07) is 3.85. The second kappa shape index (κ2) is 9.27. The number of nitrogens with zero attached hydrogens (tertiary/aromatic N) is 5. The van der Waals surface area contributed by atoms with Crippen LogP contribution in [-0.2, 0) is 5.67 Å². The van der Waals surface area contributed by atoms with Gasteiger partial charge in [0.15, 0.2) is 17.3 Å². The third-order valence-corrected chi connectivity index (χ3v) is 5.59. The first-order valence-electron chi connectivity index (χ1n) is 10.7. The Morgan fingerprint density at radius 3 is 2.56 bits per heavy atom. The molecule has 3 aromatic rings. The van der Waals surface area contributed by atoms with Gasteiger partial charge in [0, 0.05) is 31.7 Å². The lowest BCUT2D eigenvalue weighted by Gasteiger charge is -2.31. The molecule has 0 radical (unpaired) electrons. The molecule has 0 saturated carbocycles. The quantitative estimate of drug-likeness (QED) is 0.554. The van der Waals surface area contributed by atoms with Crippen molar-refractivity contribution < 1.29 is 22.5 Å². The van der Waals surface area contributed by atoms with Crippen LogP contribution in [0.15, 0.2) is 29.0 Å². The molecule has 0 bridgehead atoms. The number of amides is 1. The number of hydrogen-bond donors (Lipinski definition) is 2. The highest BCUT2D eigenvalue weighted by Gasteiger charge is 2.31. The Morgan fingerprint density at radius 1 is 1.21 bits per heavy atom. The van der Waals surface area contributed by atoms with Crippen LogP contribution in [-0.4, -0.2) is 46.2 Å². The molecule has 0 aliphatic carbocycles. The van der Waals surface area contributed by atoms with Gasteiger partial charge in [-0.05, 0) is 44.9 Å². The van der Waals surface area contributed by atoms with E-state index in [9.17, 15) is 13.6 Å². The topological polar surface area (TPSA) is 109 Å². The zero-order valence-electron chi connectivity index (χ0n) is 18.9. The van der Waals surface area contributed by atoms with E-state index in [1.807, 2.05) is 0 Å². The summed E-state index contributed by atoms with van der Waals surface area (Å²) < 4.78 is 48.7. The maximum Gasteiger partial charge on any atom is 0.253 e. The lowest BCUT2D eigenvalue weighted by Crippen LogP contribution is -2.34. The lowest BCUT2D eigenvalue weighted by molar-refractivity contribution is 0.0959. The van der Waals surface area contributed by atoms with Crippen LogP contribution in [0.1, 0.15) is 54.7 Å². The largest absolute Gasteiger partial charge is 0.355 e. The molecule has 1 amide bonds. The van der Waals surface area contributed by atoms with Gasteiger partial charge in [0.2, 0.25) is 17.5 Å². The number of alkyl halides is 1. The fourth-order valence-electron chi connectivity index (χ4n) is 3.70. The molecule has 180 valence electrons. The Morgan fingerprint density at radius 2 is 1.94 bits per heavy atom. The third-order valence-electron chi connectivity index (χ3n) is 5.59. The molecule has 1 saturated heterocycles. The van der Waals surface area contributed by atoms with E-state index in [2.05, 4.69) is 30.7 Å². The number of nitrogens with one attached hydrogen (secondary N) is 2. The summed E-state index contributed by atoms with van der Waals surface area (Å²) >= 11 is 0. The van der Waals surface area contributed by atoms with Crippen LogP contribution in [0.5, 0.6) is 0 Å². The maximum absolute atomic E-state index is 15.2. The average Bonchev–Trinajstić information content (AvgIpc) is 3.31. The van der Waals surface area contributed by atoms with Gasteiger partial charge in [-0.15, -0.1) is 0 Å². The zero-order valence-corrected chi connectivity index (χ0v) is 18.9. The molecule has 0 spiro atoms. The van der Waals surface area contributed by atoms with Gasteiger partial charge in [-0.2, -0.15) is 9.37 Å². The summed E-state index contributed by atoms with van der Waals surface area (Å²) in [6.07, 6.45) is 2.40. The second-order valence-corrected chi connectivity index (χ2v) is 8.45. The monoisotopic (exact) mass is 475 g/mol. The van der Waals surface area contributed by atoms with E-state index in [0.717, 1.165) is 6.07 Å². The zero-order chi connectivity index (χ0) is 24.5. The van der Waals surface area contributed by atoms with E-state index < -0.39 is 23.2 Å². The van der Waals surface area contributed by atoms with Gasteiger partial charge >= 0.3 is 0 Å². The number of anilines is 3. The number of rotatable bonds is 6. The molecule has 1 aliphatic rings. The van der Waals surface area contributed by atoms with Crippen molar-refractivity contribution in [1.29, 1.82) is 0 Å². The minimum absolute atomic E-state index is 0.00211. The van der Waals surface area contributed by atoms with Gasteiger partial charge in [0.1, 0.15) is 12.1 Å². The average molecular weight is 475 g/mol. The number of piperidine rings is 1. The number of hydrogen-bond acceptors (Lipinski definition) is 8. The van der Waals surface area contributed by atoms with E-state index in [1.54, 1.807) is 4.90 Å². The van der Waals surface area contributed by atoms with E-state index in [-0.39, 0.29) is 34.6 Å². The standard InChI is InChI=1S/C22H24F3N7O2/c1-22(2,25)21-30-20(34-31-21)12-6-8-32(9-7-12)18-16(24)17(27-11-28-18)29-13-4-5-14(15(23)10-13)19(33)26-3/h4-5,10-12H,6-9H2,1-3H3,(H,26,33)(H,27,28,29). The van der Waals surface area contributed by atoms with Crippen LogP contribution in [0, 0.1) is 11.6 Å². The van der Waals surface area contributed by atoms with Crippen molar-refractivity contribution >= 4 is 23.2 Å². The van der Waals surface area contributed by atoms with Crippen LogP contribution in [0.2, 0.25) is 0 Å². The maximum atomic E-state index is 15.2. The molecule has 1 fully saturated rings. The van der Waals surface area contributed by atoms with Gasteiger partial charge < -0.3 is 20.1 Å². The number of benzene rings is 1. The van der Waals surface area contributed by atoms with Crippen molar-refractivity contribution in [3.63, 3.8) is 0 Å². The molecule has 3 heterocycles.